The molecule has 6 heteroatoms. The first-order chi connectivity index (χ1) is 10.1. The number of halogens is 1. The monoisotopic (exact) mass is 300 g/mol. The molecule has 0 atom stereocenters. The Morgan fingerprint density at radius 3 is 1.86 bits per heavy atom. The summed E-state index contributed by atoms with van der Waals surface area (Å²) in [4.78, 5) is 10.8. The van der Waals surface area contributed by atoms with Crippen molar-refractivity contribution in [3.63, 3.8) is 0 Å². The zero-order chi connectivity index (χ0) is 14.8. The van der Waals surface area contributed by atoms with Crippen molar-refractivity contribution in [2.45, 2.75) is 0 Å². The molecule has 0 unspecified atom stereocenters. The van der Waals surface area contributed by atoms with E-state index in [0.29, 0.717) is 22.4 Å². The number of carbonyl (C=O) groups is 1. The quantitative estimate of drug-likeness (QED) is 0.797. The molecule has 0 saturated carbocycles. The predicted octanol–water partition coefficient (Wildman–Crippen LogP) is 3.76. The molecule has 3 aromatic rings. The van der Waals surface area contributed by atoms with E-state index in [2.05, 4.69) is 10.2 Å². The number of rotatable bonds is 3. The molecule has 0 bridgehead atoms. The van der Waals surface area contributed by atoms with Crippen molar-refractivity contribution in [2.24, 2.45) is 0 Å². The molecule has 104 valence electrons. The summed E-state index contributed by atoms with van der Waals surface area (Å²) < 4.78 is 5.58. The van der Waals surface area contributed by atoms with Gasteiger partial charge in [-0.2, -0.15) is 0 Å². The summed E-state index contributed by atoms with van der Waals surface area (Å²) in [6.07, 6.45) is 0. The normalized spacial score (nSPS) is 10.5. The maximum absolute atomic E-state index is 10.8. The van der Waals surface area contributed by atoms with Gasteiger partial charge in [-0.1, -0.05) is 11.6 Å². The van der Waals surface area contributed by atoms with E-state index < -0.39 is 5.97 Å². The Kier molecular flexibility index (Phi) is 3.41. The van der Waals surface area contributed by atoms with Crippen LogP contribution in [0.25, 0.3) is 22.9 Å². The second-order valence-electron chi connectivity index (χ2n) is 4.30. The molecule has 0 radical (unpaired) electrons. The molecule has 1 N–H and O–H groups in total. The summed E-state index contributed by atoms with van der Waals surface area (Å²) in [6, 6.07) is 13.3. The highest BCUT2D eigenvalue weighted by Gasteiger charge is 2.11. The minimum atomic E-state index is -0.978. The molecule has 1 aromatic heterocycles. The number of nitrogens with zero attached hydrogens (tertiary/aromatic N) is 2. The van der Waals surface area contributed by atoms with Crippen molar-refractivity contribution in [1.29, 1.82) is 0 Å². The minimum Gasteiger partial charge on any atom is -0.478 e. The maximum atomic E-state index is 10.8. The van der Waals surface area contributed by atoms with Crippen molar-refractivity contribution in [2.75, 3.05) is 0 Å². The summed E-state index contributed by atoms with van der Waals surface area (Å²) in [6.45, 7) is 0. The number of benzene rings is 2. The largest absolute Gasteiger partial charge is 0.478 e. The molecule has 5 nitrogen and oxygen atoms in total. The van der Waals surface area contributed by atoms with Gasteiger partial charge in [0, 0.05) is 16.1 Å². The molecule has 0 spiro atoms. The Morgan fingerprint density at radius 1 is 0.905 bits per heavy atom. The molecule has 1 heterocycles. The highest BCUT2D eigenvalue weighted by molar-refractivity contribution is 6.30. The smallest absolute Gasteiger partial charge is 0.335 e. The van der Waals surface area contributed by atoms with E-state index in [9.17, 15) is 4.79 Å². The van der Waals surface area contributed by atoms with E-state index in [1.807, 2.05) is 0 Å². The van der Waals surface area contributed by atoms with Crippen LogP contribution in [-0.4, -0.2) is 21.3 Å². The lowest BCUT2D eigenvalue weighted by Gasteiger charge is -1.97. The third-order valence-electron chi connectivity index (χ3n) is 2.89. The van der Waals surface area contributed by atoms with Crippen LogP contribution in [-0.2, 0) is 0 Å². The third kappa shape index (κ3) is 2.78. The van der Waals surface area contributed by atoms with Gasteiger partial charge in [0.05, 0.1) is 5.56 Å². The minimum absolute atomic E-state index is 0.205. The van der Waals surface area contributed by atoms with Crippen LogP contribution in [0.2, 0.25) is 5.02 Å². The fourth-order valence-corrected chi connectivity index (χ4v) is 1.93. The standard InChI is InChI=1S/C15H9ClN2O3/c16-12-7-5-10(6-8-12)14-18-17-13(21-14)9-1-3-11(4-2-9)15(19)20/h1-8H,(H,19,20). The zero-order valence-electron chi connectivity index (χ0n) is 10.7. The molecule has 2 aromatic carbocycles. The molecule has 3 rings (SSSR count). The van der Waals surface area contributed by atoms with Crippen LogP contribution in [0.15, 0.2) is 52.9 Å². The second kappa shape index (κ2) is 5.38. The first kappa shape index (κ1) is 13.3. The van der Waals surface area contributed by atoms with Gasteiger partial charge < -0.3 is 9.52 Å². The van der Waals surface area contributed by atoms with Gasteiger partial charge in [0.2, 0.25) is 11.8 Å². The lowest BCUT2D eigenvalue weighted by Crippen LogP contribution is -1.94. The van der Waals surface area contributed by atoms with Crippen LogP contribution >= 0.6 is 11.6 Å². The van der Waals surface area contributed by atoms with Crippen LogP contribution in [0.3, 0.4) is 0 Å². The number of carboxylic acid groups (broad SMARTS) is 1. The summed E-state index contributed by atoms with van der Waals surface area (Å²) in [5.41, 5.74) is 1.63. The number of carboxylic acids is 1. The number of aromatic carboxylic acids is 1. The zero-order valence-corrected chi connectivity index (χ0v) is 11.4. The van der Waals surface area contributed by atoms with Gasteiger partial charge in [-0.15, -0.1) is 10.2 Å². The number of hydrogen-bond acceptors (Lipinski definition) is 4. The average Bonchev–Trinajstić information content (AvgIpc) is 2.98. The highest BCUT2D eigenvalue weighted by atomic mass is 35.5. The Bertz CT molecular complexity index is 779. The van der Waals surface area contributed by atoms with Crippen molar-refractivity contribution in [3.05, 3.63) is 59.1 Å². The molecule has 0 aliphatic carbocycles. The van der Waals surface area contributed by atoms with Crippen LogP contribution in [0, 0.1) is 0 Å². The molecule has 0 saturated heterocycles. The van der Waals surface area contributed by atoms with Gasteiger partial charge in [0.25, 0.3) is 0 Å². The van der Waals surface area contributed by atoms with Gasteiger partial charge in [-0.3, -0.25) is 0 Å². The lowest BCUT2D eigenvalue weighted by atomic mass is 10.1. The molecule has 0 amide bonds. The van der Waals surface area contributed by atoms with Crippen molar-refractivity contribution in [1.82, 2.24) is 10.2 Å². The number of aromatic nitrogens is 2. The summed E-state index contributed by atoms with van der Waals surface area (Å²) >= 11 is 5.83. The summed E-state index contributed by atoms with van der Waals surface area (Å²) in [7, 11) is 0. The van der Waals surface area contributed by atoms with Crippen molar-refractivity contribution in [3.8, 4) is 22.9 Å². The summed E-state index contributed by atoms with van der Waals surface area (Å²) in [5.74, 6) is -0.269. The molecular formula is C15H9ClN2O3. The molecule has 21 heavy (non-hydrogen) atoms. The average molecular weight is 301 g/mol. The Balaban J connectivity index is 1.90. The van der Waals surface area contributed by atoms with E-state index >= 15 is 0 Å². The summed E-state index contributed by atoms with van der Waals surface area (Å²) in [5, 5.41) is 17.4. The lowest BCUT2D eigenvalue weighted by molar-refractivity contribution is 0.0697. The van der Waals surface area contributed by atoms with Crippen LogP contribution in [0.4, 0.5) is 0 Å². The Morgan fingerprint density at radius 2 is 1.38 bits per heavy atom. The van der Waals surface area contributed by atoms with Crippen molar-refractivity contribution < 1.29 is 14.3 Å². The van der Waals surface area contributed by atoms with Crippen LogP contribution in [0.5, 0.6) is 0 Å². The topological polar surface area (TPSA) is 76.2 Å². The van der Waals surface area contributed by atoms with E-state index in [1.165, 1.54) is 12.1 Å². The first-order valence-corrected chi connectivity index (χ1v) is 6.44. The SMILES string of the molecule is O=C(O)c1ccc(-c2nnc(-c3ccc(Cl)cc3)o2)cc1. The fraction of sp³-hybridized carbons (Fsp3) is 0. The van der Waals surface area contributed by atoms with Gasteiger partial charge in [0.1, 0.15) is 0 Å². The highest BCUT2D eigenvalue weighted by Crippen LogP contribution is 2.25. The Hall–Kier alpha value is -2.66. The van der Waals surface area contributed by atoms with Gasteiger partial charge in [-0.25, -0.2) is 4.79 Å². The van der Waals surface area contributed by atoms with Gasteiger partial charge in [0.15, 0.2) is 0 Å². The first-order valence-electron chi connectivity index (χ1n) is 6.06. The molecule has 0 fully saturated rings. The van der Waals surface area contributed by atoms with Gasteiger partial charge >= 0.3 is 5.97 Å². The van der Waals surface area contributed by atoms with Crippen LogP contribution < -0.4 is 0 Å². The van der Waals surface area contributed by atoms with E-state index in [0.717, 1.165) is 5.56 Å². The Labute approximate surface area is 124 Å². The maximum Gasteiger partial charge on any atom is 0.335 e. The van der Waals surface area contributed by atoms with Crippen molar-refractivity contribution >= 4 is 17.6 Å². The van der Waals surface area contributed by atoms with E-state index in [1.54, 1.807) is 36.4 Å². The van der Waals surface area contributed by atoms with Gasteiger partial charge in [-0.05, 0) is 48.5 Å². The third-order valence-corrected chi connectivity index (χ3v) is 3.15. The molecular weight excluding hydrogens is 292 g/mol. The van der Waals surface area contributed by atoms with E-state index in [-0.39, 0.29) is 5.56 Å². The number of hydrogen-bond donors (Lipinski definition) is 1. The van der Waals surface area contributed by atoms with Crippen LogP contribution in [0.1, 0.15) is 10.4 Å². The fourth-order valence-electron chi connectivity index (χ4n) is 1.80. The molecule has 0 aliphatic heterocycles. The molecule has 0 aliphatic rings. The van der Waals surface area contributed by atoms with E-state index in [4.69, 9.17) is 21.1 Å². The predicted molar refractivity (Wildman–Crippen MR) is 77.1 cm³/mol. The second-order valence-corrected chi connectivity index (χ2v) is 4.74.